The molecule has 1 aliphatic carbocycles. The zero-order chi connectivity index (χ0) is 20.9. The highest BCUT2D eigenvalue weighted by molar-refractivity contribution is 7.89. The Kier molecular flexibility index (Phi) is 4.72. The minimum Gasteiger partial charge on any atom is -0.394 e. The Labute approximate surface area is 177 Å². The lowest BCUT2D eigenvalue weighted by Gasteiger charge is -2.70. The number of carbonyl (C=O) groups is 1. The third-order valence-corrected chi connectivity index (χ3v) is 8.64. The van der Waals surface area contributed by atoms with Gasteiger partial charge >= 0.3 is 0 Å². The largest absolute Gasteiger partial charge is 0.394 e. The molecule has 2 aromatic rings. The molecule has 3 fully saturated rings. The number of carbonyl (C=O) groups excluding carboxylic acids is 1. The van der Waals surface area contributed by atoms with E-state index in [9.17, 15) is 18.3 Å². The molecule has 7 heteroatoms. The van der Waals surface area contributed by atoms with Gasteiger partial charge in [-0.05, 0) is 36.5 Å². The molecule has 1 saturated carbocycles. The number of rotatable bonds is 6. The summed E-state index contributed by atoms with van der Waals surface area (Å²) in [5.41, 5.74) is 0.464. The van der Waals surface area contributed by atoms with Gasteiger partial charge in [-0.15, -0.1) is 0 Å². The van der Waals surface area contributed by atoms with Gasteiger partial charge in [-0.2, -0.15) is 4.31 Å². The van der Waals surface area contributed by atoms with Gasteiger partial charge in [0.2, 0.25) is 15.9 Å². The van der Waals surface area contributed by atoms with Crippen LogP contribution in [0.5, 0.6) is 0 Å². The van der Waals surface area contributed by atoms with Crippen LogP contribution in [0.3, 0.4) is 0 Å². The molecule has 0 unspecified atom stereocenters. The molecule has 2 aliphatic heterocycles. The van der Waals surface area contributed by atoms with Gasteiger partial charge in [0.25, 0.3) is 0 Å². The molecule has 3 aliphatic rings. The second-order valence-electron chi connectivity index (χ2n) is 8.74. The number of hydrogen-bond donors (Lipinski definition) is 1. The van der Waals surface area contributed by atoms with E-state index in [1.807, 2.05) is 30.3 Å². The van der Waals surface area contributed by atoms with E-state index in [-0.39, 0.29) is 42.5 Å². The topological polar surface area (TPSA) is 77.9 Å². The molecular formula is C23H26N2O4S. The van der Waals surface area contributed by atoms with Gasteiger partial charge < -0.3 is 10.0 Å². The fraction of sp³-hybridized carbons (Fsp3) is 0.435. The Bertz CT molecular complexity index is 1030. The highest BCUT2D eigenvalue weighted by Crippen LogP contribution is 2.55. The number of aliphatic hydroxyl groups excluding tert-OH is 1. The maximum atomic E-state index is 13.1. The SMILES string of the molecule is O=C(CC1CC1)N1[C@@H](CO)[C@H](c2ccccc2)C12CN(S(=O)(=O)c1ccccc1)C2. The fourth-order valence-electron chi connectivity index (χ4n) is 5.21. The Morgan fingerprint density at radius 3 is 2.17 bits per heavy atom. The van der Waals surface area contributed by atoms with Crippen LogP contribution >= 0.6 is 0 Å². The van der Waals surface area contributed by atoms with E-state index < -0.39 is 15.6 Å². The van der Waals surface area contributed by atoms with E-state index >= 15 is 0 Å². The van der Waals surface area contributed by atoms with Crippen molar-refractivity contribution in [3.8, 4) is 0 Å². The molecule has 1 N–H and O–H groups in total. The van der Waals surface area contributed by atoms with Crippen molar-refractivity contribution >= 4 is 15.9 Å². The molecule has 30 heavy (non-hydrogen) atoms. The first-order chi connectivity index (χ1) is 14.5. The monoisotopic (exact) mass is 426 g/mol. The van der Waals surface area contributed by atoms with Crippen LogP contribution in [-0.4, -0.2) is 59.9 Å². The van der Waals surface area contributed by atoms with Crippen molar-refractivity contribution in [2.24, 2.45) is 5.92 Å². The summed E-state index contributed by atoms with van der Waals surface area (Å²) in [7, 11) is -3.61. The van der Waals surface area contributed by atoms with Crippen LogP contribution in [0.4, 0.5) is 0 Å². The number of nitrogens with zero attached hydrogens (tertiary/aromatic N) is 2. The van der Waals surface area contributed by atoms with E-state index in [2.05, 4.69) is 0 Å². The number of sulfonamides is 1. The van der Waals surface area contributed by atoms with Crippen LogP contribution in [0, 0.1) is 5.92 Å². The van der Waals surface area contributed by atoms with Crippen LogP contribution in [0.1, 0.15) is 30.7 Å². The number of amides is 1. The fourth-order valence-corrected chi connectivity index (χ4v) is 6.80. The van der Waals surface area contributed by atoms with Crippen molar-refractivity contribution in [1.82, 2.24) is 9.21 Å². The van der Waals surface area contributed by atoms with Gasteiger partial charge in [-0.25, -0.2) is 8.42 Å². The smallest absolute Gasteiger partial charge is 0.243 e. The zero-order valence-corrected chi connectivity index (χ0v) is 17.5. The Morgan fingerprint density at radius 2 is 1.60 bits per heavy atom. The summed E-state index contributed by atoms with van der Waals surface area (Å²) < 4.78 is 27.6. The van der Waals surface area contributed by atoms with Gasteiger partial charge in [-0.3, -0.25) is 4.79 Å². The van der Waals surface area contributed by atoms with Crippen molar-refractivity contribution in [2.45, 2.75) is 41.7 Å². The highest BCUT2D eigenvalue weighted by atomic mass is 32.2. The third kappa shape index (κ3) is 2.99. The first kappa shape index (κ1) is 19.7. The minimum absolute atomic E-state index is 0.0421. The van der Waals surface area contributed by atoms with Crippen LogP contribution < -0.4 is 0 Å². The molecular weight excluding hydrogens is 400 g/mol. The molecule has 0 bridgehead atoms. The molecule has 158 valence electrons. The Hall–Kier alpha value is -2.22. The highest BCUT2D eigenvalue weighted by Gasteiger charge is 2.69. The number of benzene rings is 2. The summed E-state index contributed by atoms with van der Waals surface area (Å²) >= 11 is 0. The Morgan fingerprint density at radius 1 is 1.00 bits per heavy atom. The Balaban J connectivity index is 1.46. The van der Waals surface area contributed by atoms with Crippen molar-refractivity contribution in [1.29, 1.82) is 0 Å². The summed E-state index contributed by atoms with van der Waals surface area (Å²) in [5, 5.41) is 10.1. The molecule has 0 radical (unpaired) electrons. The van der Waals surface area contributed by atoms with Crippen LogP contribution in [0.25, 0.3) is 0 Å². The molecule has 2 atom stereocenters. The van der Waals surface area contributed by atoms with Crippen molar-refractivity contribution < 1.29 is 18.3 Å². The van der Waals surface area contributed by atoms with Crippen LogP contribution in [-0.2, 0) is 14.8 Å². The predicted octanol–water partition coefficient (Wildman–Crippen LogP) is 2.22. The first-order valence-corrected chi connectivity index (χ1v) is 11.9. The van der Waals surface area contributed by atoms with Crippen LogP contribution in [0.2, 0.25) is 0 Å². The maximum absolute atomic E-state index is 13.1. The normalized spacial score (nSPS) is 25.6. The van der Waals surface area contributed by atoms with Gasteiger partial charge in [0.1, 0.15) is 0 Å². The predicted molar refractivity (Wildman–Crippen MR) is 112 cm³/mol. The standard InChI is InChI=1S/C23H26N2O4S/c26-14-20-22(18-7-3-1-4-8-18)23(25(20)21(27)13-17-11-12-17)15-24(16-23)30(28,29)19-9-5-2-6-10-19/h1-10,17,20,22,26H,11-16H2/t20-,22-/m0/s1. The molecule has 2 aromatic carbocycles. The summed E-state index contributed by atoms with van der Waals surface area (Å²) in [6.07, 6.45) is 2.64. The van der Waals surface area contributed by atoms with Gasteiger partial charge in [0.15, 0.2) is 0 Å². The van der Waals surface area contributed by atoms with Gasteiger partial charge in [0.05, 0.1) is 23.1 Å². The summed E-state index contributed by atoms with van der Waals surface area (Å²) in [6.45, 7) is 0.399. The third-order valence-electron chi connectivity index (χ3n) is 6.83. The quantitative estimate of drug-likeness (QED) is 0.768. The molecule has 5 rings (SSSR count). The molecule has 2 heterocycles. The second-order valence-corrected chi connectivity index (χ2v) is 10.7. The maximum Gasteiger partial charge on any atom is 0.243 e. The van der Waals surface area contributed by atoms with E-state index in [0.29, 0.717) is 12.3 Å². The minimum atomic E-state index is -3.61. The van der Waals surface area contributed by atoms with Crippen molar-refractivity contribution in [3.63, 3.8) is 0 Å². The summed E-state index contributed by atoms with van der Waals surface area (Å²) in [6, 6.07) is 18.0. The van der Waals surface area contributed by atoms with E-state index in [1.165, 1.54) is 4.31 Å². The molecule has 1 amide bonds. The molecule has 1 spiro atoms. The lowest BCUT2D eigenvalue weighted by molar-refractivity contribution is -0.189. The molecule has 0 aromatic heterocycles. The molecule has 6 nitrogen and oxygen atoms in total. The van der Waals surface area contributed by atoms with Gasteiger partial charge in [0, 0.05) is 25.4 Å². The van der Waals surface area contributed by atoms with Crippen molar-refractivity contribution in [2.75, 3.05) is 19.7 Å². The second kappa shape index (κ2) is 7.18. The zero-order valence-electron chi connectivity index (χ0n) is 16.7. The average Bonchev–Trinajstić information content (AvgIpc) is 3.51. The molecule has 2 saturated heterocycles. The average molecular weight is 427 g/mol. The lowest BCUT2D eigenvalue weighted by Crippen LogP contribution is -2.85. The summed E-state index contributed by atoms with van der Waals surface area (Å²) in [5.74, 6) is 0.406. The number of hydrogen-bond acceptors (Lipinski definition) is 4. The van der Waals surface area contributed by atoms with Crippen molar-refractivity contribution in [3.05, 3.63) is 66.2 Å². The number of aliphatic hydroxyl groups is 1. The first-order valence-electron chi connectivity index (χ1n) is 10.5. The number of likely N-dealkylation sites (tertiary alicyclic amines) is 1. The van der Waals surface area contributed by atoms with E-state index in [4.69, 9.17) is 0 Å². The lowest BCUT2D eigenvalue weighted by atomic mass is 9.61. The van der Waals surface area contributed by atoms with E-state index in [1.54, 1.807) is 35.2 Å². The van der Waals surface area contributed by atoms with Gasteiger partial charge in [-0.1, -0.05) is 48.5 Å². The van der Waals surface area contributed by atoms with E-state index in [0.717, 1.165) is 18.4 Å². The summed E-state index contributed by atoms with van der Waals surface area (Å²) in [4.78, 5) is 15.2. The van der Waals surface area contributed by atoms with Crippen LogP contribution in [0.15, 0.2) is 65.6 Å².